The summed E-state index contributed by atoms with van der Waals surface area (Å²) in [6.07, 6.45) is 1.56. The van der Waals surface area contributed by atoms with Crippen molar-refractivity contribution in [2.24, 2.45) is 0 Å². The van der Waals surface area contributed by atoms with E-state index in [2.05, 4.69) is 4.74 Å². The number of hydrogen-bond donors (Lipinski definition) is 0. The van der Waals surface area contributed by atoms with Gasteiger partial charge >= 0.3 is 5.97 Å². The van der Waals surface area contributed by atoms with E-state index < -0.39 is 22.0 Å². The van der Waals surface area contributed by atoms with Crippen molar-refractivity contribution in [2.75, 3.05) is 14.2 Å². The normalized spacial score (nSPS) is 14.2. The lowest BCUT2D eigenvalue weighted by Crippen LogP contribution is -2.27. The maximum atomic E-state index is 12.9. The van der Waals surface area contributed by atoms with Crippen molar-refractivity contribution >= 4 is 40.6 Å². The first-order valence-corrected chi connectivity index (χ1v) is 11.6. The van der Waals surface area contributed by atoms with Crippen LogP contribution in [0.4, 0.5) is 10.5 Å². The second-order valence-corrected chi connectivity index (χ2v) is 8.64. The van der Waals surface area contributed by atoms with Gasteiger partial charge in [-0.05, 0) is 53.2 Å². The molecule has 2 amide bonds. The van der Waals surface area contributed by atoms with E-state index >= 15 is 0 Å². The maximum Gasteiger partial charge on any atom is 0.373 e. The highest BCUT2D eigenvalue weighted by Crippen LogP contribution is 2.35. The largest absolute Gasteiger partial charge is 0.493 e. The number of esters is 1. The molecule has 0 bridgehead atoms. The minimum absolute atomic E-state index is 0.0279. The van der Waals surface area contributed by atoms with Crippen LogP contribution in [-0.2, 0) is 22.7 Å². The second-order valence-electron chi connectivity index (χ2n) is 7.65. The molecular weight excluding hydrogens is 504 g/mol. The minimum Gasteiger partial charge on any atom is -0.493 e. The number of non-ortho nitro benzene ring substituents is 1. The van der Waals surface area contributed by atoms with Gasteiger partial charge in [0, 0.05) is 12.1 Å². The number of carbonyl (C=O) groups excluding carboxylic acids is 3. The SMILES string of the molecule is COC(=O)c1ccc(CN2C(=O)S/C(=C/c3ccc(OCc4cccc([N+](=O)[O-])c4)c(OC)c3)C2=O)o1. The van der Waals surface area contributed by atoms with E-state index in [4.69, 9.17) is 13.9 Å². The summed E-state index contributed by atoms with van der Waals surface area (Å²) in [4.78, 5) is 48.6. The van der Waals surface area contributed by atoms with Crippen LogP contribution < -0.4 is 9.47 Å². The van der Waals surface area contributed by atoms with Gasteiger partial charge in [0.15, 0.2) is 11.5 Å². The summed E-state index contributed by atoms with van der Waals surface area (Å²) in [7, 11) is 2.68. The number of rotatable bonds is 9. The zero-order valence-corrected chi connectivity index (χ0v) is 20.5. The topological polar surface area (TPSA) is 138 Å². The summed E-state index contributed by atoms with van der Waals surface area (Å²) in [5.74, 6) is -0.152. The van der Waals surface area contributed by atoms with Gasteiger partial charge in [0.1, 0.15) is 12.4 Å². The minimum atomic E-state index is -0.660. The first-order chi connectivity index (χ1) is 17.8. The standard InChI is InChI=1S/C25H20N2O9S/c1-33-21-11-15(6-8-19(21)35-14-16-4-3-5-17(10-16)27(31)32)12-22-23(28)26(25(30)37-22)13-18-7-9-20(36-18)24(29)34-2/h3-12H,13-14H2,1-2H3/b22-12+. The van der Waals surface area contributed by atoms with Gasteiger partial charge in [-0.1, -0.05) is 18.2 Å². The zero-order valence-electron chi connectivity index (χ0n) is 19.7. The van der Waals surface area contributed by atoms with Crippen LogP contribution in [0.2, 0.25) is 0 Å². The third-order valence-electron chi connectivity index (χ3n) is 5.24. The molecule has 2 aromatic carbocycles. The fourth-order valence-electron chi connectivity index (χ4n) is 3.43. The lowest BCUT2D eigenvalue weighted by atomic mass is 10.1. The Morgan fingerprint density at radius 3 is 2.65 bits per heavy atom. The van der Waals surface area contributed by atoms with Crippen molar-refractivity contribution in [2.45, 2.75) is 13.2 Å². The summed E-state index contributed by atoms with van der Waals surface area (Å²) in [6.45, 7) is -0.0481. The number of methoxy groups -OCH3 is 2. The van der Waals surface area contributed by atoms with Crippen molar-refractivity contribution in [3.63, 3.8) is 0 Å². The quantitative estimate of drug-likeness (QED) is 0.166. The van der Waals surface area contributed by atoms with Crippen LogP contribution >= 0.6 is 11.8 Å². The van der Waals surface area contributed by atoms with Gasteiger partial charge in [-0.3, -0.25) is 24.6 Å². The van der Waals surface area contributed by atoms with Gasteiger partial charge in [-0.2, -0.15) is 0 Å². The van der Waals surface area contributed by atoms with Gasteiger partial charge in [-0.25, -0.2) is 4.79 Å². The van der Waals surface area contributed by atoms with E-state index in [1.165, 1.54) is 38.5 Å². The van der Waals surface area contributed by atoms with Crippen LogP contribution in [0.3, 0.4) is 0 Å². The Kier molecular flexibility index (Phi) is 7.58. The molecule has 12 heteroatoms. The third-order valence-corrected chi connectivity index (χ3v) is 6.14. The molecule has 0 radical (unpaired) electrons. The number of thioether (sulfide) groups is 1. The lowest BCUT2D eigenvalue weighted by Gasteiger charge is -2.12. The molecule has 1 aliphatic heterocycles. The molecule has 4 rings (SSSR count). The van der Waals surface area contributed by atoms with E-state index in [1.54, 1.807) is 36.4 Å². The number of imide groups is 1. The van der Waals surface area contributed by atoms with Crippen LogP contribution in [0.15, 0.2) is 63.9 Å². The van der Waals surface area contributed by atoms with E-state index in [9.17, 15) is 24.5 Å². The molecule has 1 aliphatic rings. The number of furan rings is 1. The first kappa shape index (κ1) is 25.5. The molecule has 1 saturated heterocycles. The van der Waals surface area contributed by atoms with Crippen LogP contribution in [0, 0.1) is 10.1 Å². The number of amides is 2. The van der Waals surface area contributed by atoms with E-state index in [-0.39, 0.29) is 35.3 Å². The molecule has 11 nitrogen and oxygen atoms in total. The maximum absolute atomic E-state index is 12.9. The Balaban J connectivity index is 1.46. The average molecular weight is 525 g/mol. The number of benzene rings is 2. The summed E-state index contributed by atoms with van der Waals surface area (Å²) < 4.78 is 21.1. The highest BCUT2D eigenvalue weighted by atomic mass is 32.2. The van der Waals surface area contributed by atoms with Crippen molar-refractivity contribution in [1.29, 1.82) is 0 Å². The number of nitro benzene ring substituents is 1. The third kappa shape index (κ3) is 5.81. The van der Waals surface area contributed by atoms with Gasteiger partial charge in [0.2, 0.25) is 5.76 Å². The molecule has 3 aromatic rings. The second kappa shape index (κ2) is 11.0. The summed E-state index contributed by atoms with van der Waals surface area (Å²) in [5.41, 5.74) is 1.17. The van der Waals surface area contributed by atoms with E-state index in [0.29, 0.717) is 22.6 Å². The molecule has 37 heavy (non-hydrogen) atoms. The van der Waals surface area contributed by atoms with Crippen LogP contribution in [0.1, 0.15) is 27.4 Å². The van der Waals surface area contributed by atoms with Crippen molar-refractivity contribution in [3.05, 3.63) is 92.3 Å². The van der Waals surface area contributed by atoms with E-state index in [1.807, 2.05) is 0 Å². The highest BCUT2D eigenvalue weighted by Gasteiger charge is 2.35. The number of hydrogen-bond acceptors (Lipinski definition) is 10. The Morgan fingerprint density at radius 2 is 1.92 bits per heavy atom. The predicted molar refractivity (Wildman–Crippen MR) is 132 cm³/mol. The molecular formula is C25H20N2O9S. The molecule has 0 saturated carbocycles. The van der Waals surface area contributed by atoms with Crippen molar-refractivity contribution in [1.82, 2.24) is 4.90 Å². The summed E-state index contributed by atoms with van der Waals surface area (Å²) >= 11 is 0.780. The predicted octanol–water partition coefficient (Wildman–Crippen LogP) is 4.80. The molecule has 0 atom stereocenters. The van der Waals surface area contributed by atoms with Gasteiger partial charge in [-0.15, -0.1) is 0 Å². The van der Waals surface area contributed by atoms with Crippen LogP contribution in [-0.4, -0.2) is 41.2 Å². The molecule has 2 heterocycles. The summed E-state index contributed by atoms with van der Waals surface area (Å²) in [6, 6.07) is 14.0. The van der Waals surface area contributed by atoms with Gasteiger partial charge < -0.3 is 18.6 Å². The molecule has 190 valence electrons. The Bertz CT molecular complexity index is 1410. The smallest absolute Gasteiger partial charge is 0.373 e. The molecule has 0 N–H and O–H groups in total. The fourth-order valence-corrected chi connectivity index (χ4v) is 4.27. The van der Waals surface area contributed by atoms with Crippen LogP contribution in [0.25, 0.3) is 6.08 Å². The Labute approximate surface area is 214 Å². The molecule has 1 aromatic heterocycles. The first-order valence-electron chi connectivity index (χ1n) is 10.8. The monoisotopic (exact) mass is 524 g/mol. The molecule has 0 spiro atoms. The zero-order chi connectivity index (χ0) is 26.5. The number of carbonyl (C=O) groups is 3. The lowest BCUT2D eigenvalue weighted by molar-refractivity contribution is -0.384. The van der Waals surface area contributed by atoms with Crippen molar-refractivity contribution in [3.8, 4) is 11.5 Å². The Hall–Kier alpha value is -4.58. The van der Waals surface area contributed by atoms with Crippen LogP contribution in [0.5, 0.6) is 11.5 Å². The average Bonchev–Trinajstić information content (AvgIpc) is 3.47. The molecule has 0 unspecified atom stereocenters. The summed E-state index contributed by atoms with van der Waals surface area (Å²) in [5, 5.41) is 10.5. The van der Waals surface area contributed by atoms with Gasteiger partial charge in [0.05, 0.1) is 30.6 Å². The number of nitrogens with zero attached hydrogens (tertiary/aromatic N) is 2. The number of nitro groups is 1. The Morgan fingerprint density at radius 1 is 1.11 bits per heavy atom. The van der Waals surface area contributed by atoms with E-state index in [0.717, 1.165) is 16.7 Å². The van der Waals surface area contributed by atoms with Crippen molar-refractivity contribution < 1.29 is 37.9 Å². The number of ether oxygens (including phenoxy) is 3. The highest BCUT2D eigenvalue weighted by molar-refractivity contribution is 8.18. The molecule has 1 fully saturated rings. The van der Waals surface area contributed by atoms with Gasteiger partial charge in [0.25, 0.3) is 16.8 Å². The molecule has 0 aliphatic carbocycles. The fraction of sp³-hybridized carbons (Fsp3) is 0.160.